The molecular weight excluding hydrogens is 318 g/mol. The summed E-state index contributed by atoms with van der Waals surface area (Å²) < 4.78 is 12.7. The van der Waals surface area contributed by atoms with Gasteiger partial charge in [-0.05, 0) is 43.9 Å². The largest absolute Gasteiger partial charge is 0.497 e. The number of ether oxygens (including phenoxy) is 2. The molecule has 0 spiro atoms. The van der Waals surface area contributed by atoms with Gasteiger partial charge in [0.25, 0.3) is 0 Å². The van der Waals surface area contributed by atoms with Crippen molar-refractivity contribution in [3.8, 4) is 11.5 Å². The fourth-order valence-corrected chi connectivity index (χ4v) is 3.28. The third-order valence-corrected chi connectivity index (χ3v) is 4.74. The van der Waals surface area contributed by atoms with Crippen LogP contribution >= 0.6 is 0 Å². The molecule has 0 aliphatic heterocycles. The highest BCUT2D eigenvalue weighted by Gasteiger charge is 2.19. The number of likely N-dealkylation sites (N-methyl/N-ethyl adjacent to an activating group) is 1. The van der Waals surface area contributed by atoms with Crippen LogP contribution in [0.1, 0.15) is 29.8 Å². The maximum absolute atomic E-state index is 12.7. The van der Waals surface area contributed by atoms with Gasteiger partial charge in [0.05, 0.1) is 26.2 Å². The molecule has 2 aromatic rings. The Bertz CT molecular complexity index is 754. The number of aromatic nitrogens is 2. The van der Waals surface area contributed by atoms with E-state index in [0.717, 1.165) is 35.6 Å². The van der Waals surface area contributed by atoms with Gasteiger partial charge in [0.15, 0.2) is 0 Å². The van der Waals surface area contributed by atoms with Crippen molar-refractivity contribution in [3.63, 3.8) is 0 Å². The molecule has 1 heterocycles. The normalized spacial score (nSPS) is 13.2. The zero-order chi connectivity index (χ0) is 17.8. The molecule has 1 amide bonds. The highest BCUT2D eigenvalue weighted by atomic mass is 16.5. The van der Waals surface area contributed by atoms with Gasteiger partial charge in [-0.3, -0.25) is 4.79 Å². The van der Waals surface area contributed by atoms with Crippen LogP contribution in [0.25, 0.3) is 0 Å². The van der Waals surface area contributed by atoms with Gasteiger partial charge in [-0.25, -0.2) is 4.98 Å². The molecule has 1 aromatic heterocycles. The van der Waals surface area contributed by atoms with Crippen LogP contribution in [0.5, 0.6) is 11.5 Å². The van der Waals surface area contributed by atoms with E-state index in [1.54, 1.807) is 25.4 Å². The molecule has 0 radical (unpaired) electrons. The van der Waals surface area contributed by atoms with Crippen LogP contribution in [0.3, 0.4) is 0 Å². The predicted molar refractivity (Wildman–Crippen MR) is 94.9 cm³/mol. The lowest BCUT2D eigenvalue weighted by atomic mass is 10.0. The molecule has 0 unspecified atom stereocenters. The van der Waals surface area contributed by atoms with Crippen molar-refractivity contribution in [2.45, 2.75) is 38.8 Å². The van der Waals surface area contributed by atoms with E-state index < -0.39 is 0 Å². The monoisotopic (exact) mass is 343 g/mol. The Hall–Kier alpha value is -2.50. The van der Waals surface area contributed by atoms with Crippen LogP contribution in [0.4, 0.5) is 0 Å². The number of fused-ring (bicyclic) bond motifs is 1. The number of rotatable bonds is 6. The smallest absolute Gasteiger partial charge is 0.242 e. The number of carbonyl (C=O) groups excluding carboxylic acids is 1. The number of carbonyl (C=O) groups is 1. The first-order valence-electron chi connectivity index (χ1n) is 8.60. The molecule has 1 aromatic carbocycles. The Labute approximate surface area is 148 Å². The summed E-state index contributed by atoms with van der Waals surface area (Å²) in [7, 11) is 5.07. The van der Waals surface area contributed by atoms with Gasteiger partial charge in [0.2, 0.25) is 5.91 Å². The summed E-state index contributed by atoms with van der Waals surface area (Å²) in [6.45, 7) is 0.793. The second kappa shape index (κ2) is 7.59. The van der Waals surface area contributed by atoms with E-state index >= 15 is 0 Å². The van der Waals surface area contributed by atoms with Crippen molar-refractivity contribution in [1.82, 2.24) is 14.5 Å². The van der Waals surface area contributed by atoms with Gasteiger partial charge in [-0.15, -0.1) is 0 Å². The number of benzene rings is 1. The Kier molecular flexibility index (Phi) is 5.26. The van der Waals surface area contributed by atoms with Crippen LogP contribution in [-0.4, -0.2) is 41.6 Å². The number of aryl methyl sites for hydroxylation is 1. The Morgan fingerprint density at radius 3 is 2.80 bits per heavy atom. The SMILES string of the molecule is COc1ccc(OC)c(CN(C)C(=O)Cn2cnc3c2CCCC3)c1. The first kappa shape index (κ1) is 17.3. The maximum atomic E-state index is 12.7. The third-order valence-electron chi connectivity index (χ3n) is 4.74. The average molecular weight is 343 g/mol. The first-order valence-corrected chi connectivity index (χ1v) is 8.60. The summed E-state index contributed by atoms with van der Waals surface area (Å²) in [6.07, 6.45) is 6.19. The van der Waals surface area contributed by atoms with E-state index in [0.29, 0.717) is 13.1 Å². The topological polar surface area (TPSA) is 56.6 Å². The number of amides is 1. The summed E-state index contributed by atoms with van der Waals surface area (Å²) in [6, 6.07) is 5.61. The van der Waals surface area contributed by atoms with Crippen molar-refractivity contribution in [2.24, 2.45) is 0 Å². The Morgan fingerprint density at radius 1 is 1.24 bits per heavy atom. The number of methoxy groups -OCH3 is 2. The van der Waals surface area contributed by atoms with Gasteiger partial charge in [0, 0.05) is 24.8 Å². The second-order valence-corrected chi connectivity index (χ2v) is 6.40. The molecule has 1 aliphatic rings. The van der Waals surface area contributed by atoms with E-state index in [4.69, 9.17) is 9.47 Å². The van der Waals surface area contributed by atoms with Gasteiger partial charge < -0.3 is 18.9 Å². The number of hydrogen-bond acceptors (Lipinski definition) is 4. The van der Waals surface area contributed by atoms with Crippen LogP contribution in [-0.2, 0) is 30.7 Å². The van der Waals surface area contributed by atoms with Crippen LogP contribution in [0.2, 0.25) is 0 Å². The summed E-state index contributed by atoms with van der Waals surface area (Å²) >= 11 is 0. The summed E-state index contributed by atoms with van der Waals surface area (Å²) in [5.74, 6) is 1.55. The van der Waals surface area contributed by atoms with E-state index in [1.165, 1.54) is 18.5 Å². The van der Waals surface area contributed by atoms with Crippen molar-refractivity contribution in [1.29, 1.82) is 0 Å². The van der Waals surface area contributed by atoms with Crippen molar-refractivity contribution < 1.29 is 14.3 Å². The molecule has 6 heteroatoms. The minimum atomic E-state index is 0.0515. The first-order chi connectivity index (χ1) is 12.1. The minimum absolute atomic E-state index is 0.0515. The number of hydrogen-bond donors (Lipinski definition) is 0. The van der Waals surface area contributed by atoms with E-state index in [2.05, 4.69) is 4.98 Å². The minimum Gasteiger partial charge on any atom is -0.497 e. The summed E-state index contributed by atoms with van der Waals surface area (Å²) in [5.41, 5.74) is 3.29. The van der Waals surface area contributed by atoms with Crippen molar-refractivity contribution >= 4 is 5.91 Å². The zero-order valence-electron chi connectivity index (χ0n) is 15.1. The summed E-state index contributed by atoms with van der Waals surface area (Å²) in [5, 5.41) is 0. The van der Waals surface area contributed by atoms with Gasteiger partial charge in [-0.1, -0.05) is 0 Å². The van der Waals surface area contributed by atoms with Gasteiger partial charge >= 0.3 is 0 Å². The molecule has 0 saturated heterocycles. The standard InChI is InChI=1S/C19H25N3O3/c1-21(11-14-10-15(24-2)8-9-18(14)25-3)19(23)12-22-13-20-16-6-4-5-7-17(16)22/h8-10,13H,4-7,11-12H2,1-3H3. The average Bonchev–Trinajstić information content (AvgIpc) is 3.04. The number of nitrogens with zero attached hydrogens (tertiary/aromatic N) is 3. The van der Waals surface area contributed by atoms with E-state index in [9.17, 15) is 4.79 Å². The van der Waals surface area contributed by atoms with Crippen molar-refractivity contribution in [2.75, 3.05) is 21.3 Å². The maximum Gasteiger partial charge on any atom is 0.242 e. The summed E-state index contributed by atoms with van der Waals surface area (Å²) in [4.78, 5) is 18.8. The van der Waals surface area contributed by atoms with Crippen LogP contribution in [0.15, 0.2) is 24.5 Å². The molecule has 1 aliphatic carbocycles. The molecule has 3 rings (SSSR count). The molecule has 25 heavy (non-hydrogen) atoms. The molecule has 6 nitrogen and oxygen atoms in total. The van der Waals surface area contributed by atoms with Crippen LogP contribution < -0.4 is 9.47 Å². The number of imidazole rings is 1. The zero-order valence-corrected chi connectivity index (χ0v) is 15.1. The lowest BCUT2D eigenvalue weighted by Crippen LogP contribution is -2.30. The lowest BCUT2D eigenvalue weighted by Gasteiger charge is -2.21. The molecular formula is C19H25N3O3. The molecule has 0 N–H and O–H groups in total. The van der Waals surface area contributed by atoms with Gasteiger partial charge in [-0.2, -0.15) is 0 Å². The fourth-order valence-electron chi connectivity index (χ4n) is 3.28. The second-order valence-electron chi connectivity index (χ2n) is 6.40. The fraction of sp³-hybridized carbons (Fsp3) is 0.474. The molecule has 0 bridgehead atoms. The third kappa shape index (κ3) is 3.78. The van der Waals surface area contributed by atoms with Crippen LogP contribution in [0, 0.1) is 0 Å². The molecule has 134 valence electrons. The lowest BCUT2D eigenvalue weighted by molar-refractivity contribution is -0.131. The Morgan fingerprint density at radius 2 is 2.04 bits per heavy atom. The van der Waals surface area contributed by atoms with E-state index in [-0.39, 0.29) is 5.91 Å². The quantitative estimate of drug-likeness (QED) is 0.808. The molecule has 0 saturated carbocycles. The predicted octanol–water partition coefficient (Wildman–Crippen LogP) is 2.44. The molecule has 0 atom stereocenters. The van der Waals surface area contributed by atoms with E-state index in [1.807, 2.05) is 29.8 Å². The molecule has 0 fully saturated rings. The van der Waals surface area contributed by atoms with Gasteiger partial charge in [0.1, 0.15) is 18.0 Å². The van der Waals surface area contributed by atoms with Crippen molar-refractivity contribution in [3.05, 3.63) is 41.5 Å². The Balaban J connectivity index is 1.70. The highest BCUT2D eigenvalue weighted by Crippen LogP contribution is 2.25. The highest BCUT2D eigenvalue weighted by molar-refractivity contribution is 5.76.